The van der Waals surface area contributed by atoms with Crippen molar-refractivity contribution in [1.29, 1.82) is 0 Å². The van der Waals surface area contributed by atoms with Gasteiger partial charge in [0.05, 0.1) is 11.4 Å². The Morgan fingerprint density at radius 1 is 1.26 bits per heavy atom. The Balaban J connectivity index is 1.41. The summed E-state index contributed by atoms with van der Waals surface area (Å²) in [7, 11) is 0. The Morgan fingerprint density at radius 3 is 2.65 bits per heavy atom. The van der Waals surface area contributed by atoms with E-state index in [0.717, 1.165) is 0 Å². The number of fused-ring (bicyclic) bond motifs is 1. The van der Waals surface area contributed by atoms with E-state index in [1.165, 1.54) is 18.2 Å². The molecule has 10 heteroatoms. The van der Waals surface area contributed by atoms with Crippen LogP contribution in [0.25, 0.3) is 0 Å². The molecule has 2 aliphatic heterocycles. The Bertz CT molecular complexity index is 1020. The molecule has 1 aromatic heterocycles. The molecule has 8 nitrogen and oxygen atoms in total. The van der Waals surface area contributed by atoms with Gasteiger partial charge in [0.15, 0.2) is 6.10 Å². The molecule has 0 spiro atoms. The molecule has 164 valence electrons. The number of pyridine rings is 1. The molecule has 0 aliphatic carbocycles. The third-order valence-corrected chi connectivity index (χ3v) is 5.53. The van der Waals surface area contributed by atoms with E-state index in [2.05, 4.69) is 10.3 Å². The van der Waals surface area contributed by atoms with E-state index in [0.29, 0.717) is 61.8 Å². The molecular weight excluding hydrogens is 408 g/mol. The van der Waals surface area contributed by atoms with Gasteiger partial charge in [-0.1, -0.05) is 6.92 Å². The number of nitrogens with zero attached hydrogens (tertiary/aromatic N) is 3. The smallest absolute Gasteiger partial charge is 0.267 e. The van der Waals surface area contributed by atoms with Crippen LogP contribution in [0.5, 0.6) is 5.75 Å². The molecule has 1 saturated heterocycles. The second-order valence-corrected chi connectivity index (χ2v) is 7.58. The number of nitrogens with one attached hydrogen (secondary N) is 1. The van der Waals surface area contributed by atoms with Gasteiger partial charge >= 0.3 is 0 Å². The van der Waals surface area contributed by atoms with Crippen LogP contribution in [-0.4, -0.2) is 54.0 Å². The van der Waals surface area contributed by atoms with Crippen molar-refractivity contribution in [3.05, 3.63) is 47.3 Å². The average Bonchev–Trinajstić information content (AvgIpc) is 2.75. The lowest BCUT2D eigenvalue weighted by atomic mass is 10.1. The van der Waals surface area contributed by atoms with Gasteiger partial charge < -0.3 is 20.7 Å². The fourth-order valence-corrected chi connectivity index (χ4v) is 3.79. The molecule has 2 aliphatic rings. The number of hydrogen-bond acceptors (Lipinski definition) is 6. The molecule has 1 fully saturated rings. The van der Waals surface area contributed by atoms with Gasteiger partial charge in [-0.15, -0.1) is 0 Å². The maximum Gasteiger partial charge on any atom is 0.267 e. The van der Waals surface area contributed by atoms with Crippen molar-refractivity contribution in [2.24, 2.45) is 5.73 Å². The number of halogens is 2. The molecule has 1 aromatic carbocycles. The van der Waals surface area contributed by atoms with Crippen LogP contribution in [0.1, 0.15) is 29.4 Å². The maximum atomic E-state index is 14.6. The van der Waals surface area contributed by atoms with Crippen LogP contribution in [-0.2, 0) is 11.3 Å². The minimum Gasteiger partial charge on any atom is -0.478 e. The summed E-state index contributed by atoms with van der Waals surface area (Å²) in [6, 6.07) is 5.81. The zero-order chi connectivity index (χ0) is 22.1. The minimum atomic E-state index is -0.783. The number of amides is 2. The SMILES string of the molecule is CCC1Oc2cc(F)c(CN3CCN(c4ccc(C(N)=O)nc4F)CC3)cc2NC1=O. The van der Waals surface area contributed by atoms with Crippen LogP contribution in [0.4, 0.5) is 20.2 Å². The number of hydrogen-bond donors (Lipinski definition) is 2. The lowest BCUT2D eigenvalue weighted by Crippen LogP contribution is -2.46. The van der Waals surface area contributed by atoms with Crippen molar-refractivity contribution in [1.82, 2.24) is 9.88 Å². The van der Waals surface area contributed by atoms with Crippen molar-refractivity contribution < 1.29 is 23.1 Å². The van der Waals surface area contributed by atoms with Gasteiger partial charge in [-0.2, -0.15) is 4.39 Å². The summed E-state index contributed by atoms with van der Waals surface area (Å²) in [6.45, 7) is 4.36. The summed E-state index contributed by atoms with van der Waals surface area (Å²) in [5, 5.41) is 2.77. The number of carbonyl (C=O) groups is 2. The summed E-state index contributed by atoms with van der Waals surface area (Å²) >= 11 is 0. The van der Waals surface area contributed by atoms with Crippen LogP contribution in [0, 0.1) is 11.8 Å². The van der Waals surface area contributed by atoms with E-state index in [-0.39, 0.29) is 11.6 Å². The Hall–Kier alpha value is -3.27. The molecule has 0 radical (unpaired) electrons. The molecule has 1 unspecified atom stereocenters. The van der Waals surface area contributed by atoms with Gasteiger partial charge in [0.1, 0.15) is 17.3 Å². The first kappa shape index (κ1) is 21.0. The molecule has 0 saturated carbocycles. The van der Waals surface area contributed by atoms with Crippen molar-refractivity contribution >= 4 is 23.2 Å². The topological polar surface area (TPSA) is 101 Å². The first-order valence-electron chi connectivity index (χ1n) is 10.1. The number of carbonyl (C=O) groups excluding carboxylic acids is 2. The summed E-state index contributed by atoms with van der Waals surface area (Å²) < 4.78 is 34.5. The first-order valence-corrected chi connectivity index (χ1v) is 10.1. The van der Waals surface area contributed by atoms with Gasteiger partial charge in [-0.3, -0.25) is 14.5 Å². The Labute approximate surface area is 178 Å². The van der Waals surface area contributed by atoms with Crippen LogP contribution < -0.4 is 20.7 Å². The van der Waals surface area contributed by atoms with E-state index in [1.807, 2.05) is 16.7 Å². The van der Waals surface area contributed by atoms with E-state index in [9.17, 15) is 18.4 Å². The highest BCUT2D eigenvalue weighted by atomic mass is 19.1. The molecule has 3 heterocycles. The van der Waals surface area contributed by atoms with Gasteiger partial charge in [0, 0.05) is 44.4 Å². The van der Waals surface area contributed by atoms with Gasteiger partial charge in [0.25, 0.3) is 11.8 Å². The highest BCUT2D eigenvalue weighted by Gasteiger charge is 2.28. The summed E-state index contributed by atoms with van der Waals surface area (Å²) in [5.74, 6) is -1.83. The van der Waals surface area contributed by atoms with E-state index in [4.69, 9.17) is 10.5 Å². The average molecular weight is 431 g/mol. The maximum absolute atomic E-state index is 14.6. The second-order valence-electron chi connectivity index (χ2n) is 7.58. The normalized spacial score (nSPS) is 18.9. The number of piperazine rings is 1. The van der Waals surface area contributed by atoms with Gasteiger partial charge in [-0.25, -0.2) is 9.37 Å². The zero-order valence-corrected chi connectivity index (χ0v) is 17.0. The number of aromatic nitrogens is 1. The number of ether oxygens (including phenoxy) is 1. The first-order chi connectivity index (χ1) is 14.9. The molecular formula is C21H23F2N5O3. The molecule has 2 aromatic rings. The Morgan fingerprint density at radius 2 is 2.00 bits per heavy atom. The Kier molecular flexibility index (Phi) is 5.73. The summed E-state index contributed by atoms with van der Waals surface area (Å²) in [4.78, 5) is 30.6. The minimum absolute atomic E-state index is 0.121. The van der Waals surface area contributed by atoms with Gasteiger partial charge in [-0.05, 0) is 24.6 Å². The zero-order valence-electron chi connectivity index (χ0n) is 17.0. The number of rotatable bonds is 5. The third kappa shape index (κ3) is 4.29. The molecule has 1 atom stereocenters. The fraction of sp³-hybridized carbons (Fsp3) is 0.381. The molecule has 3 N–H and O–H groups in total. The fourth-order valence-electron chi connectivity index (χ4n) is 3.79. The second kappa shape index (κ2) is 8.46. The number of anilines is 2. The van der Waals surface area contributed by atoms with Crippen LogP contribution in [0.15, 0.2) is 24.3 Å². The van der Waals surface area contributed by atoms with Crippen LogP contribution in [0.2, 0.25) is 0 Å². The number of nitrogens with two attached hydrogens (primary N) is 1. The molecule has 0 bridgehead atoms. The highest BCUT2D eigenvalue weighted by Crippen LogP contribution is 2.33. The lowest BCUT2D eigenvalue weighted by molar-refractivity contribution is -0.123. The predicted octanol–water partition coefficient (Wildman–Crippen LogP) is 1.89. The number of benzene rings is 1. The van der Waals surface area contributed by atoms with Crippen molar-refractivity contribution in [3.8, 4) is 5.75 Å². The van der Waals surface area contributed by atoms with Gasteiger partial charge in [0.2, 0.25) is 5.95 Å². The largest absolute Gasteiger partial charge is 0.478 e. The third-order valence-electron chi connectivity index (χ3n) is 5.53. The quantitative estimate of drug-likeness (QED) is 0.702. The van der Waals surface area contributed by atoms with Crippen LogP contribution >= 0.6 is 0 Å². The predicted molar refractivity (Wildman–Crippen MR) is 110 cm³/mol. The summed E-state index contributed by atoms with van der Waals surface area (Å²) in [6.07, 6.45) is -0.113. The molecule has 31 heavy (non-hydrogen) atoms. The number of primary amides is 1. The van der Waals surface area contributed by atoms with Crippen molar-refractivity contribution in [3.63, 3.8) is 0 Å². The van der Waals surface area contributed by atoms with Crippen molar-refractivity contribution in [2.45, 2.75) is 26.0 Å². The standard InChI is InChI=1S/C21H23F2N5O3/c1-2-17-21(30)26-15-9-12(13(22)10-18(15)31-17)11-27-5-7-28(8-6-27)16-4-3-14(20(24)29)25-19(16)23/h3-4,9-10,17H,2,5-8,11H2,1H3,(H2,24,29)(H,26,30). The highest BCUT2D eigenvalue weighted by molar-refractivity contribution is 5.97. The lowest BCUT2D eigenvalue weighted by Gasteiger charge is -2.36. The van der Waals surface area contributed by atoms with Crippen LogP contribution in [0.3, 0.4) is 0 Å². The van der Waals surface area contributed by atoms with E-state index >= 15 is 0 Å². The molecule has 4 rings (SSSR count). The summed E-state index contributed by atoms with van der Waals surface area (Å²) in [5.41, 5.74) is 6.22. The molecule has 2 amide bonds. The van der Waals surface area contributed by atoms with Crippen molar-refractivity contribution in [2.75, 3.05) is 36.4 Å². The van der Waals surface area contributed by atoms with E-state index in [1.54, 1.807) is 6.07 Å². The monoisotopic (exact) mass is 431 g/mol. The van der Waals surface area contributed by atoms with E-state index < -0.39 is 23.8 Å².